The number of allylic oxidation sites excluding steroid dienone is 1. The van der Waals surface area contributed by atoms with Crippen LogP contribution in [0.2, 0.25) is 0 Å². The molecule has 0 saturated heterocycles. The SMILES string of the molecule is O=C(Cl)C1=COCO1. The van der Waals surface area contributed by atoms with E-state index in [1.165, 1.54) is 6.26 Å². The molecule has 44 valence electrons. The first-order valence-electron chi connectivity index (χ1n) is 1.95. The Morgan fingerprint density at radius 3 is 2.88 bits per heavy atom. The van der Waals surface area contributed by atoms with E-state index in [1.54, 1.807) is 0 Å². The summed E-state index contributed by atoms with van der Waals surface area (Å²) >= 11 is 4.97. The van der Waals surface area contributed by atoms with Gasteiger partial charge in [-0.05, 0) is 11.6 Å². The lowest BCUT2D eigenvalue weighted by atomic mass is 10.6. The van der Waals surface area contributed by atoms with E-state index in [1.807, 2.05) is 0 Å². The van der Waals surface area contributed by atoms with E-state index in [2.05, 4.69) is 9.47 Å². The van der Waals surface area contributed by atoms with Crippen molar-refractivity contribution < 1.29 is 14.3 Å². The van der Waals surface area contributed by atoms with Crippen molar-refractivity contribution in [1.82, 2.24) is 0 Å². The first-order valence-corrected chi connectivity index (χ1v) is 2.33. The van der Waals surface area contributed by atoms with E-state index < -0.39 is 5.24 Å². The summed E-state index contributed by atoms with van der Waals surface area (Å²) < 4.78 is 9.10. The molecule has 0 saturated carbocycles. The van der Waals surface area contributed by atoms with Gasteiger partial charge in [0.25, 0.3) is 5.24 Å². The van der Waals surface area contributed by atoms with E-state index in [9.17, 15) is 4.79 Å². The fourth-order valence-electron chi connectivity index (χ4n) is 0.344. The van der Waals surface area contributed by atoms with Crippen LogP contribution < -0.4 is 0 Å². The van der Waals surface area contributed by atoms with Crippen LogP contribution in [-0.4, -0.2) is 12.0 Å². The Labute approximate surface area is 50.8 Å². The molecule has 0 atom stereocenters. The highest BCUT2D eigenvalue weighted by molar-refractivity contribution is 6.67. The maximum atomic E-state index is 10.1. The second kappa shape index (κ2) is 2.05. The first kappa shape index (κ1) is 5.44. The van der Waals surface area contributed by atoms with Crippen LogP contribution in [0, 0.1) is 0 Å². The first-order chi connectivity index (χ1) is 3.80. The Morgan fingerprint density at radius 2 is 2.62 bits per heavy atom. The molecule has 1 rings (SSSR count). The Kier molecular flexibility index (Phi) is 1.39. The minimum atomic E-state index is -0.623. The molecule has 1 heterocycles. The fourth-order valence-corrected chi connectivity index (χ4v) is 0.443. The molecule has 0 spiro atoms. The summed E-state index contributed by atoms with van der Waals surface area (Å²) in [7, 11) is 0. The lowest BCUT2D eigenvalue weighted by molar-refractivity contribution is -0.111. The second-order valence-corrected chi connectivity index (χ2v) is 1.53. The maximum absolute atomic E-state index is 10.1. The summed E-state index contributed by atoms with van der Waals surface area (Å²) in [6.45, 7) is 0.0911. The number of hydrogen-bond donors (Lipinski definition) is 0. The highest BCUT2D eigenvalue weighted by Crippen LogP contribution is 2.08. The van der Waals surface area contributed by atoms with Crippen LogP contribution in [0.15, 0.2) is 12.0 Å². The number of hydrogen-bond acceptors (Lipinski definition) is 3. The third kappa shape index (κ3) is 0.924. The van der Waals surface area contributed by atoms with Crippen molar-refractivity contribution in [2.75, 3.05) is 6.79 Å². The van der Waals surface area contributed by atoms with Crippen LogP contribution in [0.25, 0.3) is 0 Å². The fraction of sp³-hybridized carbons (Fsp3) is 0.250. The van der Waals surface area contributed by atoms with Crippen LogP contribution in [-0.2, 0) is 14.3 Å². The van der Waals surface area contributed by atoms with E-state index in [0.29, 0.717) is 0 Å². The summed E-state index contributed by atoms with van der Waals surface area (Å²) in [5, 5.41) is -0.623. The van der Waals surface area contributed by atoms with Crippen molar-refractivity contribution in [3.63, 3.8) is 0 Å². The van der Waals surface area contributed by atoms with Gasteiger partial charge in [-0.2, -0.15) is 0 Å². The lowest BCUT2D eigenvalue weighted by Crippen LogP contribution is -1.92. The number of carbonyl (C=O) groups excluding carboxylic acids is 1. The largest absolute Gasteiger partial charge is 0.461 e. The molecular weight excluding hydrogens is 131 g/mol. The van der Waals surface area contributed by atoms with Crippen LogP contribution in [0.5, 0.6) is 0 Å². The lowest BCUT2D eigenvalue weighted by Gasteiger charge is -1.89. The van der Waals surface area contributed by atoms with Gasteiger partial charge in [0, 0.05) is 0 Å². The van der Waals surface area contributed by atoms with Crippen molar-refractivity contribution in [3.8, 4) is 0 Å². The quantitative estimate of drug-likeness (QED) is 0.493. The number of rotatable bonds is 1. The molecule has 0 aromatic heterocycles. The summed E-state index contributed by atoms with van der Waals surface area (Å²) in [5.74, 6) is 0.0756. The molecule has 0 amide bonds. The highest BCUT2D eigenvalue weighted by atomic mass is 35.5. The molecule has 0 fully saturated rings. The smallest absolute Gasteiger partial charge is 0.290 e. The van der Waals surface area contributed by atoms with Gasteiger partial charge in [0.2, 0.25) is 12.6 Å². The third-order valence-electron chi connectivity index (χ3n) is 0.667. The molecule has 0 aromatic rings. The third-order valence-corrected chi connectivity index (χ3v) is 0.853. The number of halogens is 1. The van der Waals surface area contributed by atoms with Gasteiger partial charge in [0.1, 0.15) is 6.26 Å². The molecule has 8 heavy (non-hydrogen) atoms. The van der Waals surface area contributed by atoms with Gasteiger partial charge < -0.3 is 9.47 Å². The van der Waals surface area contributed by atoms with Crippen molar-refractivity contribution in [2.24, 2.45) is 0 Å². The predicted octanol–water partition coefficient (Wildman–Crippen LogP) is 0.597. The molecule has 0 radical (unpaired) electrons. The monoisotopic (exact) mass is 134 g/mol. The van der Waals surface area contributed by atoms with Crippen molar-refractivity contribution in [1.29, 1.82) is 0 Å². The minimum absolute atomic E-state index is 0.0756. The zero-order valence-corrected chi connectivity index (χ0v) is 4.64. The van der Waals surface area contributed by atoms with Crippen molar-refractivity contribution >= 4 is 16.8 Å². The summed E-state index contributed by atoms with van der Waals surface area (Å²) in [4.78, 5) is 10.1. The summed E-state index contributed by atoms with van der Waals surface area (Å²) in [6.07, 6.45) is 1.19. The molecule has 0 bridgehead atoms. The van der Waals surface area contributed by atoms with E-state index in [-0.39, 0.29) is 12.6 Å². The van der Waals surface area contributed by atoms with Crippen LogP contribution in [0.1, 0.15) is 0 Å². The maximum Gasteiger partial charge on any atom is 0.290 e. The van der Waals surface area contributed by atoms with Gasteiger partial charge in [0.05, 0.1) is 0 Å². The summed E-state index contributed by atoms with van der Waals surface area (Å²) in [6, 6.07) is 0. The van der Waals surface area contributed by atoms with E-state index >= 15 is 0 Å². The molecule has 0 unspecified atom stereocenters. The van der Waals surface area contributed by atoms with Gasteiger partial charge in [0.15, 0.2) is 0 Å². The molecule has 3 nitrogen and oxygen atoms in total. The predicted molar refractivity (Wildman–Crippen MR) is 26.0 cm³/mol. The van der Waals surface area contributed by atoms with E-state index in [0.717, 1.165) is 0 Å². The Morgan fingerprint density at radius 1 is 1.88 bits per heavy atom. The molecule has 0 N–H and O–H groups in total. The molecule has 0 aliphatic carbocycles. The van der Waals surface area contributed by atoms with Gasteiger partial charge in [-0.25, -0.2) is 0 Å². The molecule has 0 aromatic carbocycles. The molecule has 1 aliphatic rings. The standard InChI is InChI=1S/C4H3ClO3/c5-4(6)3-1-7-2-8-3/h1H,2H2. The Bertz CT molecular complexity index is 140. The van der Waals surface area contributed by atoms with Gasteiger partial charge in [-0.15, -0.1) is 0 Å². The number of ether oxygens (including phenoxy) is 2. The average molecular weight is 135 g/mol. The Balaban J connectivity index is 2.57. The highest BCUT2D eigenvalue weighted by Gasteiger charge is 2.12. The van der Waals surface area contributed by atoms with Gasteiger partial charge in [-0.3, -0.25) is 4.79 Å². The molecule has 1 aliphatic heterocycles. The topological polar surface area (TPSA) is 35.5 Å². The summed E-state index contributed by atoms with van der Waals surface area (Å²) in [5.41, 5.74) is 0. The van der Waals surface area contributed by atoms with Crippen molar-refractivity contribution in [2.45, 2.75) is 0 Å². The van der Waals surface area contributed by atoms with Gasteiger partial charge >= 0.3 is 0 Å². The zero-order chi connectivity index (χ0) is 5.98. The normalized spacial score (nSPS) is 16.4. The minimum Gasteiger partial charge on any atom is -0.461 e. The Hall–Kier alpha value is -0.700. The van der Waals surface area contributed by atoms with Crippen LogP contribution in [0.4, 0.5) is 0 Å². The molecular formula is C4H3ClO3. The zero-order valence-electron chi connectivity index (χ0n) is 3.89. The second-order valence-electron chi connectivity index (χ2n) is 1.18. The van der Waals surface area contributed by atoms with Crippen LogP contribution >= 0.6 is 11.6 Å². The van der Waals surface area contributed by atoms with Crippen molar-refractivity contribution in [3.05, 3.63) is 12.0 Å². The van der Waals surface area contributed by atoms with Gasteiger partial charge in [-0.1, -0.05) is 0 Å². The number of carbonyl (C=O) groups is 1. The van der Waals surface area contributed by atoms with Crippen LogP contribution in [0.3, 0.4) is 0 Å². The molecule has 4 heteroatoms. The van der Waals surface area contributed by atoms with E-state index in [4.69, 9.17) is 11.6 Å². The average Bonchev–Trinajstić information content (AvgIpc) is 2.12.